The Morgan fingerprint density at radius 2 is 2.04 bits per heavy atom. The number of rotatable bonds is 5. The van der Waals surface area contributed by atoms with E-state index in [1.165, 1.54) is 5.56 Å². The quantitative estimate of drug-likeness (QED) is 0.652. The highest BCUT2D eigenvalue weighted by Gasteiger charge is 2.28. The number of hydrogen-bond donors (Lipinski definition) is 1. The summed E-state index contributed by atoms with van der Waals surface area (Å²) in [4.78, 5) is 15.1. The van der Waals surface area contributed by atoms with Crippen LogP contribution in [0.4, 0.5) is 11.5 Å². The van der Waals surface area contributed by atoms with Gasteiger partial charge < -0.3 is 10.1 Å². The molecule has 0 aliphatic carbocycles. The van der Waals surface area contributed by atoms with Crippen molar-refractivity contribution in [3.63, 3.8) is 0 Å². The molecule has 2 heterocycles. The Labute approximate surface area is 147 Å². The van der Waals surface area contributed by atoms with Gasteiger partial charge in [-0.15, -0.1) is 0 Å². The van der Waals surface area contributed by atoms with Crippen molar-refractivity contribution in [2.45, 2.75) is 32.8 Å². The van der Waals surface area contributed by atoms with Gasteiger partial charge in [0.15, 0.2) is 0 Å². The molecule has 1 N–H and O–H groups in total. The SMILES string of the molecule is Cc1ccc(C2OCCCC2CNc2nccc(C)c2[N+](=O)[O-])cc1. The largest absolute Gasteiger partial charge is 0.373 e. The van der Waals surface area contributed by atoms with Crippen molar-refractivity contribution in [2.24, 2.45) is 5.92 Å². The predicted molar refractivity (Wildman–Crippen MR) is 96.7 cm³/mol. The Morgan fingerprint density at radius 1 is 1.28 bits per heavy atom. The smallest absolute Gasteiger partial charge is 0.314 e. The summed E-state index contributed by atoms with van der Waals surface area (Å²) < 4.78 is 6.01. The first-order valence-corrected chi connectivity index (χ1v) is 8.58. The molecule has 0 amide bonds. The Hall–Kier alpha value is -2.47. The highest BCUT2D eigenvalue weighted by Crippen LogP contribution is 2.34. The molecule has 1 aliphatic heterocycles. The lowest BCUT2D eigenvalue weighted by Crippen LogP contribution is -2.28. The third kappa shape index (κ3) is 3.96. The molecule has 3 rings (SSSR count). The van der Waals surface area contributed by atoms with Crippen molar-refractivity contribution in [2.75, 3.05) is 18.5 Å². The fourth-order valence-electron chi connectivity index (χ4n) is 3.31. The van der Waals surface area contributed by atoms with Crippen molar-refractivity contribution in [1.29, 1.82) is 0 Å². The fourth-order valence-corrected chi connectivity index (χ4v) is 3.31. The first-order chi connectivity index (χ1) is 12.1. The molecule has 0 saturated carbocycles. The molecule has 132 valence electrons. The Morgan fingerprint density at radius 3 is 2.76 bits per heavy atom. The van der Waals surface area contributed by atoms with E-state index in [9.17, 15) is 10.1 Å². The second-order valence-electron chi connectivity index (χ2n) is 6.57. The van der Waals surface area contributed by atoms with Crippen LogP contribution in [0.25, 0.3) is 0 Å². The van der Waals surface area contributed by atoms with Gasteiger partial charge in [-0.25, -0.2) is 4.98 Å². The Kier molecular flexibility index (Phi) is 5.28. The molecule has 1 aromatic heterocycles. The van der Waals surface area contributed by atoms with Gasteiger partial charge in [0, 0.05) is 30.8 Å². The summed E-state index contributed by atoms with van der Waals surface area (Å²) in [5, 5.41) is 14.5. The standard InChI is InChI=1S/C19H23N3O3/c1-13-5-7-15(8-6-13)18-16(4-3-11-25-18)12-21-19-17(22(23)24)14(2)9-10-20-19/h5-10,16,18H,3-4,11-12H2,1-2H3,(H,20,21). The highest BCUT2D eigenvalue weighted by atomic mass is 16.6. The van der Waals surface area contributed by atoms with E-state index in [0.29, 0.717) is 17.9 Å². The summed E-state index contributed by atoms with van der Waals surface area (Å²) in [6.07, 6.45) is 3.62. The van der Waals surface area contributed by atoms with Crippen molar-refractivity contribution in [3.8, 4) is 0 Å². The second-order valence-corrected chi connectivity index (χ2v) is 6.57. The molecular weight excluding hydrogens is 318 g/mol. The Balaban J connectivity index is 1.76. The lowest BCUT2D eigenvalue weighted by Gasteiger charge is -2.32. The van der Waals surface area contributed by atoms with Crippen LogP contribution < -0.4 is 5.32 Å². The van der Waals surface area contributed by atoms with E-state index in [-0.39, 0.29) is 22.6 Å². The second kappa shape index (κ2) is 7.61. The van der Waals surface area contributed by atoms with E-state index in [0.717, 1.165) is 25.0 Å². The van der Waals surface area contributed by atoms with Gasteiger partial charge in [-0.1, -0.05) is 29.8 Å². The van der Waals surface area contributed by atoms with E-state index in [4.69, 9.17) is 4.74 Å². The maximum absolute atomic E-state index is 11.3. The molecule has 0 spiro atoms. The van der Waals surface area contributed by atoms with Gasteiger partial charge in [-0.3, -0.25) is 10.1 Å². The minimum atomic E-state index is -0.376. The fraction of sp³-hybridized carbons (Fsp3) is 0.421. The molecule has 6 heteroatoms. The summed E-state index contributed by atoms with van der Waals surface area (Å²) in [5.74, 6) is 0.580. The third-order valence-corrected chi connectivity index (χ3v) is 4.69. The molecule has 1 saturated heterocycles. The van der Waals surface area contributed by atoms with E-state index < -0.39 is 0 Å². The number of aryl methyl sites for hydroxylation is 2. The van der Waals surface area contributed by atoms with Gasteiger partial charge in [-0.2, -0.15) is 0 Å². The summed E-state index contributed by atoms with van der Waals surface area (Å²) in [6, 6.07) is 10.0. The summed E-state index contributed by atoms with van der Waals surface area (Å²) >= 11 is 0. The average Bonchev–Trinajstić information content (AvgIpc) is 2.60. The monoisotopic (exact) mass is 341 g/mol. The zero-order valence-corrected chi connectivity index (χ0v) is 14.6. The normalized spacial score (nSPS) is 20.2. The van der Waals surface area contributed by atoms with Gasteiger partial charge in [0.2, 0.25) is 5.82 Å². The third-order valence-electron chi connectivity index (χ3n) is 4.69. The van der Waals surface area contributed by atoms with Crippen LogP contribution in [0.15, 0.2) is 36.5 Å². The van der Waals surface area contributed by atoms with Crippen molar-refractivity contribution >= 4 is 11.5 Å². The van der Waals surface area contributed by atoms with Gasteiger partial charge in [0.1, 0.15) is 0 Å². The van der Waals surface area contributed by atoms with Gasteiger partial charge in [0.05, 0.1) is 11.0 Å². The van der Waals surface area contributed by atoms with Crippen LogP contribution in [0.5, 0.6) is 0 Å². The number of ether oxygens (including phenoxy) is 1. The molecule has 1 aliphatic rings. The lowest BCUT2D eigenvalue weighted by molar-refractivity contribution is -0.384. The number of benzene rings is 1. The molecule has 25 heavy (non-hydrogen) atoms. The summed E-state index contributed by atoms with van der Waals surface area (Å²) in [6.45, 7) is 5.13. The summed E-state index contributed by atoms with van der Waals surface area (Å²) in [7, 11) is 0. The molecule has 2 unspecified atom stereocenters. The van der Waals surface area contributed by atoms with Crippen LogP contribution in [0, 0.1) is 29.9 Å². The molecule has 6 nitrogen and oxygen atoms in total. The van der Waals surface area contributed by atoms with E-state index in [1.807, 2.05) is 0 Å². The number of nitrogens with zero attached hydrogens (tertiary/aromatic N) is 2. The zero-order chi connectivity index (χ0) is 17.8. The van der Waals surface area contributed by atoms with Crippen LogP contribution in [0.1, 0.15) is 35.6 Å². The minimum absolute atomic E-state index is 0.00529. The molecular formula is C19H23N3O3. The maximum Gasteiger partial charge on any atom is 0.314 e. The van der Waals surface area contributed by atoms with E-state index >= 15 is 0 Å². The van der Waals surface area contributed by atoms with Crippen LogP contribution >= 0.6 is 0 Å². The van der Waals surface area contributed by atoms with Gasteiger partial charge in [-0.05, 0) is 38.3 Å². The van der Waals surface area contributed by atoms with Gasteiger partial charge >= 0.3 is 5.69 Å². The number of aromatic nitrogens is 1. The first kappa shape index (κ1) is 17.4. The van der Waals surface area contributed by atoms with Crippen molar-refractivity contribution in [1.82, 2.24) is 4.98 Å². The van der Waals surface area contributed by atoms with Crippen molar-refractivity contribution in [3.05, 3.63) is 63.3 Å². The van der Waals surface area contributed by atoms with Crippen LogP contribution in [-0.2, 0) is 4.74 Å². The van der Waals surface area contributed by atoms with Crippen LogP contribution in [0.3, 0.4) is 0 Å². The van der Waals surface area contributed by atoms with Gasteiger partial charge in [0.25, 0.3) is 0 Å². The number of anilines is 1. The van der Waals surface area contributed by atoms with Crippen molar-refractivity contribution < 1.29 is 9.66 Å². The Bertz CT molecular complexity index is 746. The zero-order valence-electron chi connectivity index (χ0n) is 14.6. The number of hydrogen-bond acceptors (Lipinski definition) is 5. The molecule has 2 atom stereocenters. The number of nitrogens with one attached hydrogen (secondary N) is 1. The minimum Gasteiger partial charge on any atom is -0.373 e. The highest BCUT2D eigenvalue weighted by molar-refractivity contribution is 5.59. The van der Waals surface area contributed by atoms with Crippen LogP contribution in [0.2, 0.25) is 0 Å². The topological polar surface area (TPSA) is 77.3 Å². The predicted octanol–water partition coefficient (Wildman–Crippen LogP) is 4.19. The maximum atomic E-state index is 11.3. The lowest BCUT2D eigenvalue weighted by atomic mass is 9.89. The van der Waals surface area contributed by atoms with E-state index in [1.54, 1.807) is 19.2 Å². The molecule has 1 aromatic carbocycles. The number of nitro groups is 1. The summed E-state index contributed by atoms with van der Waals surface area (Å²) in [5.41, 5.74) is 3.03. The average molecular weight is 341 g/mol. The number of pyridine rings is 1. The first-order valence-electron chi connectivity index (χ1n) is 8.58. The molecule has 0 bridgehead atoms. The molecule has 1 fully saturated rings. The van der Waals surface area contributed by atoms with Crippen LogP contribution in [-0.4, -0.2) is 23.1 Å². The van der Waals surface area contributed by atoms with E-state index in [2.05, 4.69) is 41.5 Å². The molecule has 2 aromatic rings. The molecule has 0 radical (unpaired) electrons.